The van der Waals surface area contributed by atoms with Gasteiger partial charge in [-0.25, -0.2) is 13.9 Å². The molecule has 26 heavy (non-hydrogen) atoms. The molecular formula is C21H16FN3O. The zero-order valence-corrected chi connectivity index (χ0v) is 14.1. The third kappa shape index (κ3) is 2.84. The van der Waals surface area contributed by atoms with Gasteiger partial charge >= 0.3 is 0 Å². The van der Waals surface area contributed by atoms with Crippen LogP contribution in [0.3, 0.4) is 0 Å². The minimum absolute atomic E-state index is 0.255. The Hall–Kier alpha value is -3.47. The standard InChI is InChI=1S/C21H16FN3O/c1-14-12-15(22)13-18-19(14)24-21(23-16-8-4-2-5-9-16)25(20(18)26)17-10-6-3-7-11-17/h2-13H,1H3,(H,23,24). The number of aryl methyl sites for hydroxylation is 1. The average Bonchev–Trinajstić information content (AvgIpc) is 2.65. The van der Waals surface area contributed by atoms with Crippen LogP contribution in [0.25, 0.3) is 16.6 Å². The Kier molecular flexibility index (Phi) is 3.97. The predicted octanol–water partition coefficient (Wildman–Crippen LogP) is 4.58. The van der Waals surface area contributed by atoms with Crippen LogP contribution in [0.4, 0.5) is 16.0 Å². The van der Waals surface area contributed by atoms with Crippen LogP contribution in [0, 0.1) is 12.7 Å². The molecule has 0 atom stereocenters. The van der Waals surface area contributed by atoms with Crippen LogP contribution in [0.2, 0.25) is 0 Å². The van der Waals surface area contributed by atoms with Crippen LogP contribution in [0.1, 0.15) is 5.56 Å². The van der Waals surface area contributed by atoms with Gasteiger partial charge in [0.05, 0.1) is 16.6 Å². The topological polar surface area (TPSA) is 46.9 Å². The van der Waals surface area contributed by atoms with Crippen LogP contribution in [-0.4, -0.2) is 9.55 Å². The number of hydrogen-bond acceptors (Lipinski definition) is 3. The van der Waals surface area contributed by atoms with Crippen molar-refractivity contribution in [1.82, 2.24) is 9.55 Å². The highest BCUT2D eigenvalue weighted by Gasteiger charge is 2.15. The third-order valence-electron chi connectivity index (χ3n) is 4.17. The summed E-state index contributed by atoms with van der Waals surface area (Å²) >= 11 is 0. The van der Waals surface area contributed by atoms with Gasteiger partial charge < -0.3 is 5.32 Å². The number of rotatable bonds is 3. The van der Waals surface area contributed by atoms with E-state index in [1.807, 2.05) is 60.7 Å². The van der Waals surface area contributed by atoms with E-state index in [9.17, 15) is 9.18 Å². The number of nitrogens with one attached hydrogen (secondary N) is 1. The maximum atomic E-state index is 13.9. The van der Waals surface area contributed by atoms with Gasteiger partial charge in [0, 0.05) is 5.69 Å². The fourth-order valence-electron chi connectivity index (χ4n) is 2.97. The van der Waals surface area contributed by atoms with Gasteiger partial charge in [-0.1, -0.05) is 36.4 Å². The number of aromatic nitrogens is 2. The molecule has 128 valence electrons. The maximum absolute atomic E-state index is 13.9. The van der Waals surface area contributed by atoms with E-state index in [-0.39, 0.29) is 10.9 Å². The molecule has 0 unspecified atom stereocenters. The van der Waals surface area contributed by atoms with E-state index in [0.717, 1.165) is 5.69 Å². The van der Waals surface area contributed by atoms with Crippen molar-refractivity contribution in [3.8, 4) is 5.69 Å². The van der Waals surface area contributed by atoms with Gasteiger partial charge in [0.1, 0.15) is 5.82 Å². The van der Waals surface area contributed by atoms with Gasteiger partial charge in [-0.05, 0) is 48.9 Å². The summed E-state index contributed by atoms with van der Waals surface area (Å²) in [6.07, 6.45) is 0. The number of halogens is 1. The minimum Gasteiger partial charge on any atom is -0.325 e. The second kappa shape index (κ2) is 6.44. The van der Waals surface area contributed by atoms with Crippen molar-refractivity contribution in [2.24, 2.45) is 0 Å². The van der Waals surface area contributed by atoms with Gasteiger partial charge in [-0.2, -0.15) is 0 Å². The van der Waals surface area contributed by atoms with Crippen LogP contribution >= 0.6 is 0 Å². The van der Waals surface area contributed by atoms with Crippen molar-refractivity contribution in [2.75, 3.05) is 5.32 Å². The first-order chi connectivity index (χ1) is 12.6. The molecule has 0 saturated carbocycles. The van der Waals surface area contributed by atoms with E-state index >= 15 is 0 Å². The quantitative estimate of drug-likeness (QED) is 0.591. The first-order valence-corrected chi connectivity index (χ1v) is 8.24. The van der Waals surface area contributed by atoms with E-state index in [1.54, 1.807) is 6.92 Å². The summed E-state index contributed by atoms with van der Waals surface area (Å²) < 4.78 is 15.3. The number of nitrogens with zero attached hydrogens (tertiary/aromatic N) is 2. The Bertz CT molecular complexity index is 1140. The van der Waals surface area contributed by atoms with E-state index in [0.29, 0.717) is 22.7 Å². The Morgan fingerprint density at radius 3 is 2.31 bits per heavy atom. The fraction of sp³-hybridized carbons (Fsp3) is 0.0476. The van der Waals surface area contributed by atoms with Crippen molar-refractivity contribution < 1.29 is 4.39 Å². The van der Waals surface area contributed by atoms with Gasteiger partial charge in [-0.3, -0.25) is 4.79 Å². The number of anilines is 2. The third-order valence-corrected chi connectivity index (χ3v) is 4.17. The highest BCUT2D eigenvalue weighted by molar-refractivity contribution is 5.83. The molecule has 5 heteroatoms. The molecule has 4 nitrogen and oxygen atoms in total. The molecule has 0 aliphatic heterocycles. The summed E-state index contributed by atoms with van der Waals surface area (Å²) in [5, 5.41) is 3.46. The van der Waals surface area contributed by atoms with Crippen LogP contribution in [-0.2, 0) is 0 Å². The van der Waals surface area contributed by atoms with Crippen molar-refractivity contribution in [1.29, 1.82) is 0 Å². The predicted molar refractivity (Wildman–Crippen MR) is 102 cm³/mol. The monoisotopic (exact) mass is 345 g/mol. The van der Waals surface area contributed by atoms with Gasteiger partial charge in [0.15, 0.2) is 0 Å². The largest absolute Gasteiger partial charge is 0.325 e. The molecule has 4 aromatic rings. The van der Waals surface area contributed by atoms with E-state index in [1.165, 1.54) is 16.7 Å². The lowest BCUT2D eigenvalue weighted by atomic mass is 10.1. The van der Waals surface area contributed by atoms with E-state index in [2.05, 4.69) is 10.3 Å². The molecule has 0 fully saturated rings. The Morgan fingerprint density at radius 2 is 1.62 bits per heavy atom. The number of fused-ring (bicyclic) bond motifs is 1. The molecule has 0 amide bonds. The Morgan fingerprint density at radius 1 is 0.962 bits per heavy atom. The molecule has 1 aromatic heterocycles. The highest BCUT2D eigenvalue weighted by atomic mass is 19.1. The molecule has 1 heterocycles. The molecular weight excluding hydrogens is 329 g/mol. The second-order valence-corrected chi connectivity index (χ2v) is 6.02. The summed E-state index contributed by atoms with van der Waals surface area (Å²) in [5.41, 5.74) is 2.26. The Labute approximate surface area is 149 Å². The fourth-order valence-corrected chi connectivity index (χ4v) is 2.97. The zero-order valence-electron chi connectivity index (χ0n) is 14.1. The van der Waals surface area contributed by atoms with Crippen molar-refractivity contribution in [3.63, 3.8) is 0 Å². The molecule has 0 aliphatic carbocycles. The first kappa shape index (κ1) is 16.0. The molecule has 0 spiro atoms. The lowest BCUT2D eigenvalue weighted by Crippen LogP contribution is -2.23. The van der Waals surface area contributed by atoms with Crippen LogP contribution in [0.5, 0.6) is 0 Å². The SMILES string of the molecule is Cc1cc(F)cc2c(=O)n(-c3ccccc3)c(Nc3ccccc3)nc12. The van der Waals surface area contributed by atoms with Crippen molar-refractivity contribution in [3.05, 3.63) is 94.5 Å². The van der Waals surface area contributed by atoms with E-state index in [4.69, 9.17) is 0 Å². The number of benzene rings is 3. The lowest BCUT2D eigenvalue weighted by molar-refractivity contribution is 0.628. The van der Waals surface area contributed by atoms with Gasteiger partial charge in [0.2, 0.25) is 5.95 Å². The van der Waals surface area contributed by atoms with Crippen LogP contribution < -0.4 is 10.9 Å². The number of hydrogen-bond donors (Lipinski definition) is 1. The number of para-hydroxylation sites is 2. The van der Waals surface area contributed by atoms with Gasteiger partial charge in [0.25, 0.3) is 5.56 Å². The van der Waals surface area contributed by atoms with E-state index < -0.39 is 5.82 Å². The molecule has 0 aliphatic rings. The smallest absolute Gasteiger partial charge is 0.267 e. The van der Waals surface area contributed by atoms with Crippen LogP contribution in [0.15, 0.2) is 77.6 Å². The van der Waals surface area contributed by atoms with Crippen molar-refractivity contribution in [2.45, 2.75) is 6.92 Å². The Balaban J connectivity index is 2.03. The average molecular weight is 345 g/mol. The summed E-state index contributed by atoms with van der Waals surface area (Å²) in [5.74, 6) is -0.0631. The van der Waals surface area contributed by atoms with Gasteiger partial charge in [-0.15, -0.1) is 0 Å². The molecule has 0 bridgehead atoms. The summed E-state index contributed by atoms with van der Waals surface area (Å²) in [4.78, 5) is 17.8. The molecule has 4 rings (SSSR count). The molecule has 0 saturated heterocycles. The van der Waals surface area contributed by atoms with Crippen molar-refractivity contribution >= 4 is 22.5 Å². The second-order valence-electron chi connectivity index (χ2n) is 6.02. The lowest BCUT2D eigenvalue weighted by Gasteiger charge is -2.15. The summed E-state index contributed by atoms with van der Waals surface area (Å²) in [7, 11) is 0. The summed E-state index contributed by atoms with van der Waals surface area (Å²) in [6.45, 7) is 1.75. The minimum atomic E-state index is -0.447. The molecule has 3 aromatic carbocycles. The first-order valence-electron chi connectivity index (χ1n) is 8.24. The normalized spacial score (nSPS) is 10.8. The molecule has 0 radical (unpaired) electrons. The zero-order chi connectivity index (χ0) is 18.1. The summed E-state index contributed by atoms with van der Waals surface area (Å²) in [6, 6.07) is 21.3. The maximum Gasteiger partial charge on any atom is 0.267 e. The molecule has 1 N–H and O–H groups in total. The highest BCUT2D eigenvalue weighted by Crippen LogP contribution is 2.22.